The molecule has 0 saturated carbocycles. The van der Waals surface area contributed by atoms with E-state index >= 15 is 0 Å². The number of piperidine rings is 1. The van der Waals surface area contributed by atoms with E-state index < -0.39 is 5.91 Å². The van der Waals surface area contributed by atoms with Crippen molar-refractivity contribution >= 4 is 41.0 Å². The summed E-state index contributed by atoms with van der Waals surface area (Å²) < 4.78 is 0. The Morgan fingerprint density at radius 3 is 2.62 bits per heavy atom. The number of hydrogen-bond acceptors (Lipinski definition) is 7. The number of thioether (sulfide) groups is 2. The van der Waals surface area contributed by atoms with Crippen LogP contribution in [0.1, 0.15) is 31.7 Å². The highest BCUT2D eigenvalue weighted by Crippen LogP contribution is 2.37. The zero-order valence-corrected chi connectivity index (χ0v) is 21.8. The van der Waals surface area contributed by atoms with Gasteiger partial charge in [-0.3, -0.25) is 9.59 Å². The first kappa shape index (κ1) is 26.5. The summed E-state index contributed by atoms with van der Waals surface area (Å²) in [6.45, 7) is 6.74. The van der Waals surface area contributed by atoms with Gasteiger partial charge in [-0.05, 0) is 63.2 Å². The van der Waals surface area contributed by atoms with E-state index in [4.69, 9.17) is 0 Å². The molecular formula is C25H35N5O2S2. The smallest absolute Gasteiger partial charge is 0.264 e. The zero-order chi connectivity index (χ0) is 24.3. The van der Waals surface area contributed by atoms with Crippen molar-refractivity contribution in [3.05, 3.63) is 40.4 Å². The number of anilines is 1. The van der Waals surface area contributed by atoms with Gasteiger partial charge in [-0.2, -0.15) is 17.0 Å². The lowest BCUT2D eigenvalue weighted by Gasteiger charge is -2.26. The van der Waals surface area contributed by atoms with Gasteiger partial charge in [0.25, 0.3) is 5.91 Å². The predicted octanol–water partition coefficient (Wildman–Crippen LogP) is 3.31. The van der Waals surface area contributed by atoms with Gasteiger partial charge in [0.1, 0.15) is 21.9 Å². The Balaban J connectivity index is 1.56. The Morgan fingerprint density at radius 2 is 1.97 bits per heavy atom. The first-order valence-electron chi connectivity index (χ1n) is 12.0. The summed E-state index contributed by atoms with van der Waals surface area (Å²) in [5.41, 5.74) is 2.30. The molecular weight excluding hydrogens is 466 g/mol. The summed E-state index contributed by atoms with van der Waals surface area (Å²) in [7, 11) is 0. The third-order valence-electron chi connectivity index (χ3n) is 6.11. The quantitative estimate of drug-likeness (QED) is 0.273. The monoisotopic (exact) mass is 501 g/mol. The molecule has 1 unspecified atom stereocenters. The molecule has 9 heteroatoms. The third-order valence-corrected chi connectivity index (χ3v) is 8.03. The van der Waals surface area contributed by atoms with Gasteiger partial charge in [0.05, 0.1) is 0 Å². The predicted molar refractivity (Wildman–Crippen MR) is 142 cm³/mol. The Labute approximate surface area is 211 Å². The number of nitrogens with zero attached hydrogens (tertiary/aromatic N) is 3. The lowest BCUT2D eigenvalue weighted by molar-refractivity contribution is -0.127. The van der Waals surface area contributed by atoms with E-state index in [-0.39, 0.29) is 16.7 Å². The Hall–Kier alpha value is -2.15. The Morgan fingerprint density at radius 1 is 1.24 bits per heavy atom. The number of nitriles is 1. The Kier molecular flexibility index (Phi) is 10.6. The van der Waals surface area contributed by atoms with E-state index in [0.717, 1.165) is 24.4 Å². The van der Waals surface area contributed by atoms with Crippen LogP contribution in [-0.2, 0) is 16.0 Å². The highest BCUT2D eigenvalue weighted by atomic mass is 32.2. The number of hydrogen-bond donors (Lipinski definition) is 2. The van der Waals surface area contributed by atoms with Crippen molar-refractivity contribution in [2.24, 2.45) is 0 Å². The highest BCUT2D eigenvalue weighted by Gasteiger charge is 2.38. The van der Waals surface area contributed by atoms with Crippen LogP contribution in [0.25, 0.3) is 0 Å². The van der Waals surface area contributed by atoms with Crippen molar-refractivity contribution in [3.8, 4) is 6.07 Å². The van der Waals surface area contributed by atoms with Crippen LogP contribution < -0.4 is 10.6 Å². The first-order chi connectivity index (χ1) is 16.6. The second kappa shape index (κ2) is 13.7. The third kappa shape index (κ3) is 7.17. The lowest BCUT2D eigenvalue weighted by atomic mass is 10.1. The van der Waals surface area contributed by atoms with Gasteiger partial charge in [0.2, 0.25) is 5.91 Å². The molecule has 0 radical (unpaired) electrons. The molecule has 1 atom stereocenters. The van der Waals surface area contributed by atoms with E-state index in [9.17, 15) is 14.9 Å². The minimum absolute atomic E-state index is 0.0156. The summed E-state index contributed by atoms with van der Waals surface area (Å²) >= 11 is 2.92. The standard InChI is InChI=1S/C25H35N5O2S2/c1-3-30-24(32)22(34-25(30)21(17-26)23(31)27-12-16-33-2)18-28-20-9-7-19(8-10-20)11-15-29-13-5-4-6-14-29/h7-10,22,28H,3-6,11-16,18H2,1-2H3,(H,27,31)/b25-21-. The summed E-state index contributed by atoms with van der Waals surface area (Å²) in [6.07, 6.45) is 6.99. The van der Waals surface area contributed by atoms with Gasteiger partial charge in [-0.1, -0.05) is 30.3 Å². The van der Waals surface area contributed by atoms with Crippen LogP contribution >= 0.6 is 23.5 Å². The topological polar surface area (TPSA) is 88.5 Å². The largest absolute Gasteiger partial charge is 0.383 e. The Bertz CT molecular complexity index is 907. The molecule has 34 heavy (non-hydrogen) atoms. The van der Waals surface area contributed by atoms with Gasteiger partial charge < -0.3 is 20.4 Å². The summed E-state index contributed by atoms with van der Waals surface area (Å²) in [5, 5.41) is 15.8. The van der Waals surface area contributed by atoms with Crippen LogP contribution in [0.3, 0.4) is 0 Å². The van der Waals surface area contributed by atoms with Crippen molar-refractivity contribution in [2.75, 3.05) is 56.6 Å². The molecule has 2 aliphatic heterocycles. The molecule has 1 aromatic rings. The lowest BCUT2D eigenvalue weighted by Crippen LogP contribution is -2.33. The molecule has 0 spiro atoms. The zero-order valence-electron chi connectivity index (χ0n) is 20.1. The molecule has 184 valence electrons. The molecule has 0 aromatic heterocycles. The van der Waals surface area contributed by atoms with E-state index in [2.05, 4.69) is 39.8 Å². The number of carbonyl (C=O) groups is 2. The average molecular weight is 502 g/mol. The van der Waals surface area contributed by atoms with E-state index in [1.165, 1.54) is 49.7 Å². The first-order valence-corrected chi connectivity index (χ1v) is 14.3. The van der Waals surface area contributed by atoms with E-state index in [1.807, 2.05) is 19.2 Å². The van der Waals surface area contributed by atoms with Crippen molar-refractivity contribution in [1.82, 2.24) is 15.1 Å². The van der Waals surface area contributed by atoms with Gasteiger partial charge >= 0.3 is 0 Å². The maximum Gasteiger partial charge on any atom is 0.264 e. The molecule has 7 nitrogen and oxygen atoms in total. The SMILES string of the molecule is CCN1C(=O)C(CNc2ccc(CCN3CCCCC3)cc2)S/C1=C(/C#N)C(=O)NCCSC. The molecule has 1 aromatic carbocycles. The molecule has 2 saturated heterocycles. The van der Waals surface area contributed by atoms with Crippen LogP contribution in [0.5, 0.6) is 0 Å². The van der Waals surface area contributed by atoms with Crippen molar-refractivity contribution in [2.45, 2.75) is 37.9 Å². The summed E-state index contributed by atoms with van der Waals surface area (Å²) in [4.78, 5) is 29.5. The normalized spacial score (nSPS) is 20.2. The van der Waals surface area contributed by atoms with Crippen molar-refractivity contribution < 1.29 is 9.59 Å². The number of amides is 2. The molecule has 2 N–H and O–H groups in total. The molecule has 2 fully saturated rings. The van der Waals surface area contributed by atoms with Gasteiger partial charge in [0, 0.05) is 37.6 Å². The molecule has 2 amide bonds. The second-order valence-electron chi connectivity index (χ2n) is 8.46. The van der Waals surface area contributed by atoms with Gasteiger partial charge in [-0.25, -0.2) is 0 Å². The molecule has 0 bridgehead atoms. The van der Waals surface area contributed by atoms with Gasteiger partial charge in [0.15, 0.2) is 0 Å². The summed E-state index contributed by atoms with van der Waals surface area (Å²) in [6, 6.07) is 10.4. The molecule has 2 heterocycles. The number of carbonyl (C=O) groups excluding carboxylic acids is 2. The maximum atomic E-state index is 12.9. The number of nitrogens with one attached hydrogen (secondary N) is 2. The van der Waals surface area contributed by atoms with Crippen LogP contribution in [0.2, 0.25) is 0 Å². The van der Waals surface area contributed by atoms with E-state index in [0.29, 0.717) is 24.7 Å². The fraction of sp³-hybridized carbons (Fsp3) is 0.560. The average Bonchev–Trinajstić information content (AvgIpc) is 3.18. The minimum Gasteiger partial charge on any atom is -0.383 e. The molecule has 2 aliphatic rings. The second-order valence-corrected chi connectivity index (χ2v) is 10.6. The van der Waals surface area contributed by atoms with Crippen molar-refractivity contribution in [3.63, 3.8) is 0 Å². The summed E-state index contributed by atoms with van der Waals surface area (Å²) in [5.74, 6) is 0.282. The minimum atomic E-state index is -0.418. The van der Waals surface area contributed by atoms with Crippen LogP contribution in [0.4, 0.5) is 5.69 Å². The maximum absolute atomic E-state index is 12.9. The number of rotatable bonds is 11. The molecule has 0 aliphatic carbocycles. The van der Waals surface area contributed by atoms with Crippen LogP contribution in [0, 0.1) is 11.3 Å². The van der Waals surface area contributed by atoms with Crippen molar-refractivity contribution in [1.29, 1.82) is 5.26 Å². The van der Waals surface area contributed by atoms with Gasteiger partial charge in [-0.15, -0.1) is 0 Å². The fourth-order valence-corrected chi connectivity index (χ4v) is 5.74. The highest BCUT2D eigenvalue weighted by molar-refractivity contribution is 8.04. The number of benzene rings is 1. The van der Waals surface area contributed by atoms with Crippen LogP contribution in [-0.4, -0.2) is 78.1 Å². The van der Waals surface area contributed by atoms with E-state index in [1.54, 1.807) is 16.7 Å². The molecule has 3 rings (SSSR count). The number of likely N-dealkylation sites (tertiary alicyclic amines) is 1. The fourth-order valence-electron chi connectivity index (χ4n) is 4.17. The van der Waals surface area contributed by atoms with Crippen LogP contribution in [0.15, 0.2) is 34.9 Å².